The fraction of sp³-hybridized carbons (Fsp3) is 0.500. The molecule has 4 N–H and O–H groups in total. The SMILES string of the molecule is Nc1nc(NC2CCCC2CO)nc(-n2cccn2)n1. The molecule has 8 nitrogen and oxygen atoms in total. The number of hydrogen-bond acceptors (Lipinski definition) is 7. The summed E-state index contributed by atoms with van der Waals surface area (Å²) in [5.74, 6) is 1.18. The molecule has 0 spiro atoms. The maximum atomic E-state index is 9.34. The lowest BCUT2D eigenvalue weighted by molar-refractivity contribution is 0.222. The molecule has 3 rings (SSSR count). The van der Waals surface area contributed by atoms with Gasteiger partial charge in [0.25, 0.3) is 5.95 Å². The number of hydrogen-bond donors (Lipinski definition) is 3. The lowest BCUT2D eigenvalue weighted by Crippen LogP contribution is -2.28. The van der Waals surface area contributed by atoms with Crippen molar-refractivity contribution in [2.75, 3.05) is 17.7 Å². The average Bonchev–Trinajstić information content (AvgIpc) is 3.08. The van der Waals surface area contributed by atoms with Crippen molar-refractivity contribution < 1.29 is 5.11 Å². The molecule has 2 atom stereocenters. The summed E-state index contributed by atoms with van der Waals surface area (Å²) in [6.45, 7) is 0.171. The van der Waals surface area contributed by atoms with Gasteiger partial charge in [0, 0.05) is 31.0 Å². The number of anilines is 2. The number of nitrogens with two attached hydrogens (primary N) is 1. The minimum absolute atomic E-state index is 0.145. The van der Waals surface area contributed by atoms with E-state index in [-0.39, 0.29) is 24.5 Å². The van der Waals surface area contributed by atoms with Crippen molar-refractivity contribution in [3.63, 3.8) is 0 Å². The van der Waals surface area contributed by atoms with Crippen LogP contribution in [0.2, 0.25) is 0 Å². The highest BCUT2D eigenvalue weighted by Crippen LogP contribution is 2.27. The molecule has 0 bridgehead atoms. The number of nitrogens with one attached hydrogen (secondary N) is 1. The van der Waals surface area contributed by atoms with Crippen molar-refractivity contribution in [1.82, 2.24) is 24.7 Å². The number of nitrogens with zero attached hydrogens (tertiary/aromatic N) is 5. The molecule has 8 heteroatoms. The van der Waals surface area contributed by atoms with Gasteiger partial charge < -0.3 is 16.2 Å². The van der Waals surface area contributed by atoms with Crippen LogP contribution in [0.4, 0.5) is 11.9 Å². The lowest BCUT2D eigenvalue weighted by atomic mass is 10.1. The molecule has 106 valence electrons. The number of nitrogen functional groups attached to an aromatic ring is 1. The maximum Gasteiger partial charge on any atom is 0.257 e. The molecule has 0 radical (unpaired) electrons. The van der Waals surface area contributed by atoms with Gasteiger partial charge >= 0.3 is 0 Å². The van der Waals surface area contributed by atoms with Crippen LogP contribution in [0.25, 0.3) is 5.95 Å². The van der Waals surface area contributed by atoms with Gasteiger partial charge in [-0.3, -0.25) is 0 Å². The van der Waals surface area contributed by atoms with Crippen LogP contribution in [0.5, 0.6) is 0 Å². The summed E-state index contributed by atoms with van der Waals surface area (Å²) in [5, 5.41) is 16.7. The summed E-state index contributed by atoms with van der Waals surface area (Å²) in [6, 6.07) is 1.96. The fourth-order valence-electron chi connectivity index (χ4n) is 2.55. The minimum Gasteiger partial charge on any atom is -0.396 e. The smallest absolute Gasteiger partial charge is 0.257 e. The van der Waals surface area contributed by atoms with Gasteiger partial charge in [0.15, 0.2) is 0 Å². The second-order valence-electron chi connectivity index (χ2n) is 4.89. The maximum absolute atomic E-state index is 9.34. The molecule has 0 amide bonds. The van der Waals surface area contributed by atoms with E-state index in [1.165, 1.54) is 4.68 Å². The minimum atomic E-state index is 0.145. The predicted octanol–water partition coefficient (Wildman–Crippen LogP) is 0.212. The quantitative estimate of drug-likeness (QED) is 0.730. The molecule has 2 heterocycles. The molecule has 1 aliphatic carbocycles. The van der Waals surface area contributed by atoms with Crippen LogP contribution in [0.3, 0.4) is 0 Å². The zero-order valence-corrected chi connectivity index (χ0v) is 11.0. The molecule has 2 aromatic heterocycles. The molecule has 0 saturated heterocycles. The predicted molar refractivity (Wildman–Crippen MR) is 73.2 cm³/mol. The van der Waals surface area contributed by atoms with Crippen molar-refractivity contribution in [3.05, 3.63) is 18.5 Å². The first-order chi connectivity index (χ1) is 9.76. The Morgan fingerprint density at radius 3 is 3.00 bits per heavy atom. The summed E-state index contributed by atoms with van der Waals surface area (Å²) < 4.78 is 1.53. The van der Waals surface area contributed by atoms with Gasteiger partial charge in [-0.15, -0.1) is 0 Å². The van der Waals surface area contributed by atoms with E-state index < -0.39 is 0 Å². The van der Waals surface area contributed by atoms with Crippen molar-refractivity contribution in [1.29, 1.82) is 0 Å². The molecular weight excluding hydrogens is 258 g/mol. The van der Waals surface area contributed by atoms with Gasteiger partial charge in [-0.25, -0.2) is 4.68 Å². The van der Waals surface area contributed by atoms with Crippen LogP contribution < -0.4 is 11.1 Å². The van der Waals surface area contributed by atoms with E-state index in [9.17, 15) is 5.11 Å². The number of aliphatic hydroxyl groups excluding tert-OH is 1. The van der Waals surface area contributed by atoms with Crippen molar-refractivity contribution in [2.45, 2.75) is 25.3 Å². The van der Waals surface area contributed by atoms with Gasteiger partial charge in [-0.1, -0.05) is 6.42 Å². The Kier molecular flexibility index (Phi) is 3.46. The molecule has 2 unspecified atom stereocenters. The van der Waals surface area contributed by atoms with E-state index in [0.717, 1.165) is 19.3 Å². The summed E-state index contributed by atoms with van der Waals surface area (Å²) >= 11 is 0. The first-order valence-corrected chi connectivity index (χ1v) is 6.65. The van der Waals surface area contributed by atoms with Gasteiger partial charge in [0.2, 0.25) is 11.9 Å². The molecular formula is C12H17N7O. The van der Waals surface area contributed by atoms with E-state index >= 15 is 0 Å². The average molecular weight is 275 g/mol. The van der Waals surface area contributed by atoms with Gasteiger partial charge in [-0.2, -0.15) is 20.1 Å². The van der Waals surface area contributed by atoms with Crippen molar-refractivity contribution in [3.8, 4) is 5.95 Å². The third-order valence-electron chi connectivity index (χ3n) is 3.56. The molecule has 20 heavy (non-hydrogen) atoms. The van der Waals surface area contributed by atoms with Crippen molar-refractivity contribution >= 4 is 11.9 Å². The zero-order valence-electron chi connectivity index (χ0n) is 11.0. The number of aliphatic hydroxyl groups is 1. The van der Waals surface area contributed by atoms with Crippen LogP contribution in [0.15, 0.2) is 18.5 Å². The van der Waals surface area contributed by atoms with E-state index in [4.69, 9.17) is 5.73 Å². The third kappa shape index (κ3) is 2.55. The Bertz CT molecular complexity index is 571. The zero-order chi connectivity index (χ0) is 13.9. The van der Waals surface area contributed by atoms with Crippen LogP contribution in [0, 0.1) is 5.92 Å². The molecule has 2 aromatic rings. The first kappa shape index (κ1) is 12.8. The highest BCUT2D eigenvalue weighted by atomic mass is 16.3. The van der Waals surface area contributed by atoms with E-state index in [2.05, 4.69) is 25.4 Å². The Balaban J connectivity index is 1.83. The van der Waals surface area contributed by atoms with Crippen LogP contribution >= 0.6 is 0 Å². The standard InChI is InChI=1S/C12H17N7O/c13-10-16-11(15-9-4-1-3-8(9)7-20)18-12(17-10)19-6-2-5-14-19/h2,5-6,8-9,20H,1,3-4,7H2,(H3,13,15,16,17,18). The fourth-order valence-corrected chi connectivity index (χ4v) is 2.55. The topological polar surface area (TPSA) is 115 Å². The molecule has 1 saturated carbocycles. The Hall–Kier alpha value is -2.22. The number of rotatable bonds is 4. The largest absolute Gasteiger partial charge is 0.396 e. The third-order valence-corrected chi connectivity index (χ3v) is 3.56. The summed E-state index contributed by atoms with van der Waals surface area (Å²) in [4.78, 5) is 12.5. The van der Waals surface area contributed by atoms with E-state index in [1.807, 2.05) is 0 Å². The molecule has 0 aliphatic heterocycles. The van der Waals surface area contributed by atoms with Crippen molar-refractivity contribution in [2.24, 2.45) is 5.92 Å². The highest BCUT2D eigenvalue weighted by molar-refractivity contribution is 5.36. The summed E-state index contributed by atoms with van der Waals surface area (Å²) in [6.07, 6.45) is 6.49. The van der Waals surface area contributed by atoms with E-state index in [0.29, 0.717) is 11.9 Å². The molecule has 0 aromatic carbocycles. The molecule has 1 aliphatic rings. The Morgan fingerprint density at radius 2 is 2.25 bits per heavy atom. The lowest BCUT2D eigenvalue weighted by Gasteiger charge is -2.19. The number of aromatic nitrogens is 5. The second kappa shape index (κ2) is 5.41. The van der Waals surface area contributed by atoms with Crippen LogP contribution in [-0.4, -0.2) is 42.5 Å². The second-order valence-corrected chi connectivity index (χ2v) is 4.89. The Labute approximate surface area is 116 Å². The van der Waals surface area contributed by atoms with Crippen LogP contribution in [0.1, 0.15) is 19.3 Å². The van der Waals surface area contributed by atoms with Gasteiger partial charge in [-0.05, 0) is 18.9 Å². The normalized spacial score (nSPS) is 22.1. The first-order valence-electron chi connectivity index (χ1n) is 6.65. The highest BCUT2D eigenvalue weighted by Gasteiger charge is 2.27. The Morgan fingerprint density at radius 1 is 1.35 bits per heavy atom. The van der Waals surface area contributed by atoms with Crippen LogP contribution in [-0.2, 0) is 0 Å². The summed E-state index contributed by atoms with van der Waals surface area (Å²) in [5.41, 5.74) is 5.71. The monoisotopic (exact) mass is 275 g/mol. The van der Waals surface area contributed by atoms with Gasteiger partial charge in [0.1, 0.15) is 0 Å². The molecule has 1 fully saturated rings. The summed E-state index contributed by atoms with van der Waals surface area (Å²) in [7, 11) is 0. The van der Waals surface area contributed by atoms with E-state index in [1.54, 1.807) is 18.5 Å². The van der Waals surface area contributed by atoms with Gasteiger partial charge in [0.05, 0.1) is 0 Å².